The van der Waals surface area contributed by atoms with E-state index >= 15 is 0 Å². The van der Waals surface area contributed by atoms with E-state index in [2.05, 4.69) is 30.8 Å². The van der Waals surface area contributed by atoms with Crippen molar-refractivity contribution in [1.29, 1.82) is 0 Å². The number of nitrogens with one attached hydrogen (secondary N) is 3. The van der Waals surface area contributed by atoms with Crippen molar-refractivity contribution in [1.82, 2.24) is 20.2 Å². The summed E-state index contributed by atoms with van der Waals surface area (Å²) in [5.74, 6) is 0.729. The number of carbonyl (C=O) groups excluding carboxylic acids is 1. The third kappa shape index (κ3) is 5.34. The van der Waals surface area contributed by atoms with Crippen LogP contribution in [0.2, 0.25) is 0 Å². The standard InChI is InChI=1S/C27H27N7O3/c1-16-6-8-18(9-7-16)25(36)30-21-5-3-4-20(17(21)2)22-14-23(26(37)33-32-22)29-24-10-12-28-27(31-24)34-13-11-19(35)15-34/h3-10,12,14,19,35H,11,13,15H2,1-2H3,(H,30,36)(H,33,37)(H,28,29,31,32). The number of aliphatic hydroxyl groups excluding tert-OH is 1. The Morgan fingerprint density at radius 3 is 2.68 bits per heavy atom. The van der Waals surface area contributed by atoms with Crippen LogP contribution in [0.4, 0.5) is 23.1 Å². The summed E-state index contributed by atoms with van der Waals surface area (Å²) < 4.78 is 0. The molecule has 0 aliphatic carbocycles. The van der Waals surface area contributed by atoms with E-state index in [1.54, 1.807) is 30.5 Å². The Hall–Kier alpha value is -4.57. The first-order valence-corrected chi connectivity index (χ1v) is 12.0. The molecule has 0 spiro atoms. The molecular weight excluding hydrogens is 470 g/mol. The first-order valence-electron chi connectivity index (χ1n) is 12.0. The van der Waals surface area contributed by atoms with Crippen molar-refractivity contribution in [2.75, 3.05) is 28.6 Å². The van der Waals surface area contributed by atoms with Crippen molar-refractivity contribution in [3.63, 3.8) is 0 Å². The van der Waals surface area contributed by atoms with Crippen molar-refractivity contribution in [3.8, 4) is 11.3 Å². The zero-order chi connectivity index (χ0) is 25.9. The SMILES string of the molecule is Cc1ccc(C(=O)Nc2cccc(-c3cc(Nc4ccnc(N5CCC(O)C5)n4)c(=O)[nH]n3)c2C)cc1. The number of benzene rings is 2. The largest absolute Gasteiger partial charge is 0.391 e. The summed E-state index contributed by atoms with van der Waals surface area (Å²) in [6.07, 6.45) is 1.88. The quantitative estimate of drug-likeness (QED) is 0.318. The number of nitrogens with zero attached hydrogens (tertiary/aromatic N) is 4. The summed E-state index contributed by atoms with van der Waals surface area (Å²) in [5, 5.41) is 22.6. The maximum atomic E-state index is 12.8. The topological polar surface area (TPSA) is 136 Å². The minimum atomic E-state index is -0.401. The number of β-amino-alcohol motifs (C(OH)–C–C–N with tert-alkyl or cyclic N) is 1. The van der Waals surface area contributed by atoms with Gasteiger partial charge in [-0.25, -0.2) is 10.1 Å². The highest BCUT2D eigenvalue weighted by Gasteiger charge is 2.22. The van der Waals surface area contributed by atoms with Crippen molar-refractivity contribution in [2.45, 2.75) is 26.4 Å². The summed E-state index contributed by atoms with van der Waals surface area (Å²) >= 11 is 0. The fourth-order valence-corrected chi connectivity index (χ4v) is 4.22. The molecule has 0 saturated carbocycles. The molecule has 188 valence electrons. The van der Waals surface area contributed by atoms with Crippen LogP contribution in [0.3, 0.4) is 0 Å². The Bertz CT molecular complexity index is 1500. The first-order chi connectivity index (χ1) is 17.9. The van der Waals surface area contributed by atoms with Crippen LogP contribution < -0.4 is 21.1 Å². The highest BCUT2D eigenvalue weighted by atomic mass is 16.3. The second-order valence-electron chi connectivity index (χ2n) is 9.05. The van der Waals surface area contributed by atoms with Gasteiger partial charge in [0.2, 0.25) is 5.95 Å². The van der Waals surface area contributed by atoms with E-state index in [0.717, 1.165) is 16.7 Å². The molecule has 2 aromatic heterocycles. The van der Waals surface area contributed by atoms with Crippen LogP contribution in [0.1, 0.15) is 27.9 Å². The Morgan fingerprint density at radius 1 is 1.11 bits per heavy atom. The molecular formula is C27H27N7O3. The minimum absolute atomic E-state index is 0.206. The molecule has 1 atom stereocenters. The molecule has 4 N–H and O–H groups in total. The fourth-order valence-electron chi connectivity index (χ4n) is 4.22. The van der Waals surface area contributed by atoms with E-state index in [1.807, 2.05) is 49.1 Å². The lowest BCUT2D eigenvalue weighted by Gasteiger charge is -2.16. The molecule has 1 aliphatic rings. The molecule has 1 saturated heterocycles. The second-order valence-corrected chi connectivity index (χ2v) is 9.05. The van der Waals surface area contributed by atoms with E-state index in [0.29, 0.717) is 48.2 Å². The average molecular weight is 498 g/mol. The summed E-state index contributed by atoms with van der Waals surface area (Å²) in [7, 11) is 0. The number of H-pyrrole nitrogens is 1. The Balaban J connectivity index is 1.39. The number of hydrogen-bond donors (Lipinski definition) is 4. The van der Waals surface area contributed by atoms with Gasteiger partial charge < -0.3 is 20.6 Å². The van der Waals surface area contributed by atoms with E-state index in [4.69, 9.17) is 0 Å². The number of aromatic nitrogens is 4. The maximum Gasteiger partial charge on any atom is 0.287 e. The van der Waals surface area contributed by atoms with Gasteiger partial charge in [0.05, 0.1) is 11.8 Å². The zero-order valence-electron chi connectivity index (χ0n) is 20.5. The lowest BCUT2D eigenvalue weighted by molar-refractivity contribution is 0.102. The van der Waals surface area contributed by atoms with E-state index in [-0.39, 0.29) is 11.6 Å². The predicted octanol–water partition coefficient (Wildman–Crippen LogP) is 3.41. The number of amides is 1. The van der Waals surface area contributed by atoms with Crippen LogP contribution in [0, 0.1) is 13.8 Å². The lowest BCUT2D eigenvalue weighted by atomic mass is 10.0. The van der Waals surface area contributed by atoms with Gasteiger partial charge in [-0.1, -0.05) is 29.8 Å². The van der Waals surface area contributed by atoms with Gasteiger partial charge in [0.1, 0.15) is 11.5 Å². The molecule has 3 heterocycles. The van der Waals surface area contributed by atoms with Gasteiger partial charge in [-0.15, -0.1) is 0 Å². The molecule has 1 aliphatic heterocycles. The summed E-state index contributed by atoms with van der Waals surface area (Å²) in [5.41, 5.74) is 4.27. The molecule has 5 rings (SSSR count). The summed E-state index contributed by atoms with van der Waals surface area (Å²) in [6, 6.07) is 16.2. The van der Waals surface area contributed by atoms with E-state index < -0.39 is 11.7 Å². The number of aromatic amines is 1. The van der Waals surface area contributed by atoms with Crippen LogP contribution in [-0.4, -0.2) is 50.4 Å². The number of aryl methyl sites for hydroxylation is 1. The molecule has 2 aromatic carbocycles. The number of anilines is 4. The molecule has 0 radical (unpaired) electrons. The Morgan fingerprint density at radius 2 is 1.92 bits per heavy atom. The van der Waals surface area contributed by atoms with Crippen LogP contribution in [0.5, 0.6) is 0 Å². The fraction of sp³-hybridized carbons (Fsp3) is 0.222. The van der Waals surface area contributed by atoms with Crippen molar-refractivity contribution >= 4 is 29.0 Å². The zero-order valence-corrected chi connectivity index (χ0v) is 20.5. The molecule has 10 nitrogen and oxygen atoms in total. The summed E-state index contributed by atoms with van der Waals surface area (Å²) in [4.78, 5) is 36.0. The van der Waals surface area contributed by atoms with Crippen LogP contribution in [0.15, 0.2) is 65.6 Å². The molecule has 1 unspecified atom stereocenters. The van der Waals surface area contributed by atoms with Crippen molar-refractivity contribution in [3.05, 3.63) is 87.8 Å². The molecule has 0 bridgehead atoms. The Labute approximate surface area is 213 Å². The molecule has 4 aromatic rings. The van der Waals surface area contributed by atoms with Gasteiger partial charge in [0, 0.05) is 36.1 Å². The number of carbonyl (C=O) groups is 1. The van der Waals surface area contributed by atoms with Gasteiger partial charge in [0.15, 0.2) is 0 Å². The highest BCUT2D eigenvalue weighted by molar-refractivity contribution is 6.05. The van der Waals surface area contributed by atoms with E-state index in [1.165, 1.54) is 0 Å². The van der Waals surface area contributed by atoms with E-state index in [9.17, 15) is 14.7 Å². The molecule has 10 heteroatoms. The maximum absolute atomic E-state index is 12.8. The minimum Gasteiger partial charge on any atom is -0.391 e. The smallest absolute Gasteiger partial charge is 0.287 e. The first kappa shape index (κ1) is 24.1. The average Bonchev–Trinajstić information content (AvgIpc) is 3.33. The summed E-state index contributed by atoms with van der Waals surface area (Å²) in [6.45, 7) is 5.00. The number of hydrogen-bond acceptors (Lipinski definition) is 8. The van der Waals surface area contributed by atoms with Gasteiger partial charge in [-0.2, -0.15) is 10.1 Å². The third-order valence-corrected chi connectivity index (χ3v) is 6.33. The monoisotopic (exact) mass is 497 g/mol. The second kappa shape index (κ2) is 10.2. The Kier molecular flexibility index (Phi) is 6.65. The van der Waals surface area contributed by atoms with Gasteiger partial charge in [0.25, 0.3) is 11.5 Å². The highest BCUT2D eigenvalue weighted by Crippen LogP contribution is 2.28. The van der Waals surface area contributed by atoms with Crippen LogP contribution >= 0.6 is 0 Å². The van der Waals surface area contributed by atoms with Crippen LogP contribution in [-0.2, 0) is 0 Å². The molecule has 37 heavy (non-hydrogen) atoms. The number of rotatable bonds is 6. The van der Waals surface area contributed by atoms with Gasteiger partial charge in [-0.3, -0.25) is 9.59 Å². The van der Waals surface area contributed by atoms with Gasteiger partial charge >= 0.3 is 0 Å². The predicted molar refractivity (Wildman–Crippen MR) is 142 cm³/mol. The third-order valence-electron chi connectivity index (χ3n) is 6.33. The normalized spacial score (nSPS) is 15.0. The molecule has 1 amide bonds. The van der Waals surface area contributed by atoms with Crippen molar-refractivity contribution in [2.24, 2.45) is 0 Å². The van der Waals surface area contributed by atoms with Crippen molar-refractivity contribution < 1.29 is 9.90 Å². The number of aliphatic hydroxyl groups is 1. The molecule has 1 fully saturated rings. The van der Waals surface area contributed by atoms with Crippen LogP contribution in [0.25, 0.3) is 11.3 Å². The van der Waals surface area contributed by atoms with Gasteiger partial charge in [-0.05, 0) is 56.2 Å². The lowest BCUT2D eigenvalue weighted by Crippen LogP contribution is -2.23.